The predicted octanol–water partition coefficient (Wildman–Crippen LogP) is 3.37. The highest BCUT2D eigenvalue weighted by molar-refractivity contribution is 9.10. The van der Waals surface area contributed by atoms with Crippen LogP contribution in [0.2, 0.25) is 0 Å². The molecule has 0 unspecified atom stereocenters. The second-order valence-electron chi connectivity index (χ2n) is 4.28. The fourth-order valence-corrected chi connectivity index (χ4v) is 1.92. The molecular formula is C15H17BrN2O2. The van der Waals surface area contributed by atoms with Crippen LogP contribution >= 0.6 is 15.9 Å². The molecule has 0 radical (unpaired) electrons. The number of nitrogens with zero attached hydrogens (tertiary/aromatic N) is 2. The van der Waals surface area contributed by atoms with Crippen LogP contribution in [0.15, 0.2) is 47.1 Å². The topological polar surface area (TPSA) is 34.6 Å². The molecule has 2 rings (SSSR count). The third-order valence-electron chi connectivity index (χ3n) is 2.86. The summed E-state index contributed by atoms with van der Waals surface area (Å²) in [5.74, 6) is 2.59. The molecule has 20 heavy (non-hydrogen) atoms. The summed E-state index contributed by atoms with van der Waals surface area (Å²) in [7, 11) is 3.64. The first-order valence-electron chi connectivity index (χ1n) is 6.28. The molecule has 0 aliphatic heterocycles. The SMILES string of the molecule is COc1ccc(OCCN(C)c2ccc(Br)cn2)cc1. The normalized spacial score (nSPS) is 10.2. The third kappa shape index (κ3) is 4.13. The minimum atomic E-state index is 0.598. The number of hydrogen-bond acceptors (Lipinski definition) is 4. The van der Waals surface area contributed by atoms with Crippen molar-refractivity contribution in [3.63, 3.8) is 0 Å². The summed E-state index contributed by atoms with van der Waals surface area (Å²) >= 11 is 3.37. The molecule has 0 bridgehead atoms. The zero-order valence-corrected chi connectivity index (χ0v) is 13.1. The highest BCUT2D eigenvalue weighted by atomic mass is 79.9. The molecule has 4 nitrogen and oxygen atoms in total. The number of methoxy groups -OCH3 is 1. The molecule has 0 amide bonds. The highest BCUT2D eigenvalue weighted by Crippen LogP contribution is 2.17. The number of rotatable bonds is 6. The van der Waals surface area contributed by atoms with E-state index in [0.29, 0.717) is 6.61 Å². The van der Waals surface area contributed by atoms with Crippen LogP contribution in [-0.2, 0) is 0 Å². The Hall–Kier alpha value is -1.75. The molecule has 106 valence electrons. The molecule has 0 saturated carbocycles. The molecule has 0 atom stereocenters. The average Bonchev–Trinajstić information content (AvgIpc) is 2.48. The van der Waals surface area contributed by atoms with Crippen molar-refractivity contribution in [3.8, 4) is 11.5 Å². The van der Waals surface area contributed by atoms with Crippen LogP contribution in [0.4, 0.5) is 5.82 Å². The predicted molar refractivity (Wildman–Crippen MR) is 83.7 cm³/mol. The van der Waals surface area contributed by atoms with Crippen molar-refractivity contribution in [1.29, 1.82) is 0 Å². The van der Waals surface area contributed by atoms with Gasteiger partial charge in [0, 0.05) is 17.7 Å². The summed E-state index contributed by atoms with van der Waals surface area (Å²) in [4.78, 5) is 6.39. The second kappa shape index (κ2) is 7.14. The fourth-order valence-electron chi connectivity index (χ4n) is 1.68. The first-order valence-corrected chi connectivity index (χ1v) is 7.08. The van der Waals surface area contributed by atoms with Crippen molar-refractivity contribution in [3.05, 3.63) is 47.1 Å². The third-order valence-corrected chi connectivity index (χ3v) is 3.33. The van der Waals surface area contributed by atoms with Gasteiger partial charge in [-0.1, -0.05) is 0 Å². The van der Waals surface area contributed by atoms with Crippen LogP contribution in [0.25, 0.3) is 0 Å². The van der Waals surface area contributed by atoms with Gasteiger partial charge in [-0.2, -0.15) is 0 Å². The zero-order valence-electron chi connectivity index (χ0n) is 11.5. The van der Waals surface area contributed by atoms with Crippen molar-refractivity contribution >= 4 is 21.7 Å². The van der Waals surface area contributed by atoms with E-state index in [-0.39, 0.29) is 0 Å². The van der Waals surface area contributed by atoms with Crippen LogP contribution in [0.5, 0.6) is 11.5 Å². The monoisotopic (exact) mass is 336 g/mol. The first-order chi connectivity index (χ1) is 9.69. The number of aromatic nitrogens is 1. The molecule has 1 heterocycles. The summed E-state index contributed by atoms with van der Waals surface area (Å²) in [6.45, 7) is 1.36. The van der Waals surface area contributed by atoms with Crippen LogP contribution in [0.1, 0.15) is 0 Å². The summed E-state index contributed by atoms with van der Waals surface area (Å²) in [5.41, 5.74) is 0. The maximum atomic E-state index is 5.69. The van der Waals surface area contributed by atoms with Gasteiger partial charge in [-0.25, -0.2) is 4.98 Å². The number of likely N-dealkylation sites (N-methyl/N-ethyl adjacent to an activating group) is 1. The quantitative estimate of drug-likeness (QED) is 0.810. The van der Waals surface area contributed by atoms with Crippen molar-refractivity contribution in [2.24, 2.45) is 0 Å². The zero-order chi connectivity index (χ0) is 14.4. The van der Waals surface area contributed by atoms with Crippen molar-refractivity contribution in [1.82, 2.24) is 4.98 Å². The van der Waals surface area contributed by atoms with Crippen LogP contribution in [0, 0.1) is 0 Å². The number of ether oxygens (including phenoxy) is 2. The molecule has 0 N–H and O–H groups in total. The van der Waals surface area contributed by atoms with Gasteiger partial charge in [-0.3, -0.25) is 0 Å². The first kappa shape index (κ1) is 14.7. The van der Waals surface area contributed by atoms with Gasteiger partial charge in [-0.05, 0) is 52.3 Å². The minimum Gasteiger partial charge on any atom is -0.497 e. The Morgan fingerprint density at radius 2 is 1.80 bits per heavy atom. The lowest BCUT2D eigenvalue weighted by Gasteiger charge is -2.18. The summed E-state index contributed by atoms with van der Waals surface area (Å²) in [6, 6.07) is 11.5. The van der Waals surface area contributed by atoms with Crippen LogP contribution in [-0.4, -0.2) is 32.3 Å². The molecule has 0 aliphatic rings. The number of halogens is 1. The fraction of sp³-hybridized carbons (Fsp3) is 0.267. The number of pyridine rings is 1. The minimum absolute atomic E-state index is 0.598. The molecular weight excluding hydrogens is 320 g/mol. The van der Waals surface area contributed by atoms with Gasteiger partial charge in [0.05, 0.1) is 13.7 Å². The number of benzene rings is 1. The smallest absolute Gasteiger partial charge is 0.128 e. The van der Waals surface area contributed by atoms with Gasteiger partial charge in [0.1, 0.15) is 23.9 Å². The van der Waals surface area contributed by atoms with E-state index in [2.05, 4.69) is 25.8 Å². The van der Waals surface area contributed by atoms with Crippen LogP contribution in [0.3, 0.4) is 0 Å². The van der Waals surface area contributed by atoms with Gasteiger partial charge in [0.15, 0.2) is 0 Å². The summed E-state index contributed by atoms with van der Waals surface area (Å²) in [6.07, 6.45) is 1.79. The van der Waals surface area contributed by atoms with E-state index < -0.39 is 0 Å². The molecule has 0 fully saturated rings. The molecule has 0 aliphatic carbocycles. The Balaban J connectivity index is 1.81. The van der Waals surface area contributed by atoms with Crippen molar-refractivity contribution < 1.29 is 9.47 Å². The van der Waals surface area contributed by atoms with Gasteiger partial charge in [0.25, 0.3) is 0 Å². The van der Waals surface area contributed by atoms with Crippen molar-refractivity contribution in [2.75, 3.05) is 32.2 Å². The van der Waals surface area contributed by atoms with Gasteiger partial charge < -0.3 is 14.4 Å². The van der Waals surface area contributed by atoms with E-state index in [4.69, 9.17) is 9.47 Å². The van der Waals surface area contributed by atoms with E-state index in [1.54, 1.807) is 13.3 Å². The van der Waals surface area contributed by atoms with Crippen LogP contribution < -0.4 is 14.4 Å². The molecule has 1 aromatic heterocycles. The van der Waals surface area contributed by atoms with Gasteiger partial charge in [-0.15, -0.1) is 0 Å². The largest absolute Gasteiger partial charge is 0.497 e. The Morgan fingerprint density at radius 3 is 2.40 bits per heavy atom. The number of anilines is 1. The van der Waals surface area contributed by atoms with E-state index >= 15 is 0 Å². The Kier molecular flexibility index (Phi) is 5.24. The molecule has 5 heteroatoms. The summed E-state index contributed by atoms with van der Waals surface area (Å²) < 4.78 is 11.8. The average molecular weight is 337 g/mol. The molecule has 0 spiro atoms. The van der Waals surface area contributed by atoms with E-state index in [9.17, 15) is 0 Å². The standard InChI is InChI=1S/C15H17BrN2O2/c1-18(15-8-3-12(16)11-17-15)9-10-20-14-6-4-13(19-2)5-7-14/h3-8,11H,9-10H2,1-2H3. The van der Waals surface area contributed by atoms with E-state index in [1.165, 1.54) is 0 Å². The van der Waals surface area contributed by atoms with Gasteiger partial charge >= 0.3 is 0 Å². The lowest BCUT2D eigenvalue weighted by Crippen LogP contribution is -2.24. The Labute approximate surface area is 127 Å². The Bertz CT molecular complexity index is 529. The molecule has 1 aromatic carbocycles. The lowest BCUT2D eigenvalue weighted by atomic mass is 10.3. The molecule has 0 saturated heterocycles. The maximum absolute atomic E-state index is 5.69. The van der Waals surface area contributed by atoms with Gasteiger partial charge in [0.2, 0.25) is 0 Å². The Morgan fingerprint density at radius 1 is 1.10 bits per heavy atom. The molecule has 2 aromatic rings. The van der Waals surface area contributed by atoms with E-state index in [0.717, 1.165) is 28.3 Å². The lowest BCUT2D eigenvalue weighted by molar-refractivity contribution is 0.324. The number of hydrogen-bond donors (Lipinski definition) is 0. The maximum Gasteiger partial charge on any atom is 0.128 e. The second-order valence-corrected chi connectivity index (χ2v) is 5.20. The van der Waals surface area contributed by atoms with E-state index in [1.807, 2.05) is 43.4 Å². The summed E-state index contributed by atoms with van der Waals surface area (Å²) in [5, 5.41) is 0. The van der Waals surface area contributed by atoms with Crippen molar-refractivity contribution in [2.45, 2.75) is 0 Å². The highest BCUT2D eigenvalue weighted by Gasteiger charge is 2.02.